The molecule has 23 heavy (non-hydrogen) atoms. The molecule has 0 aliphatic rings. The van der Waals surface area contributed by atoms with E-state index in [0.717, 1.165) is 13.0 Å². The number of thiophene rings is 1. The summed E-state index contributed by atoms with van der Waals surface area (Å²) in [6.45, 7) is 3.61. The van der Waals surface area contributed by atoms with E-state index in [0.29, 0.717) is 6.54 Å². The SMILES string of the molecule is Cc1ccc(CN(CCc2ccccc2)CC(=O)NC(N)=O)s1. The highest BCUT2D eigenvalue weighted by Gasteiger charge is 2.13. The Morgan fingerprint density at radius 3 is 2.52 bits per heavy atom. The molecule has 0 atom stereocenters. The smallest absolute Gasteiger partial charge is 0.318 e. The zero-order chi connectivity index (χ0) is 16.7. The molecule has 0 fully saturated rings. The number of primary amides is 1. The minimum Gasteiger partial charge on any atom is -0.351 e. The van der Waals surface area contributed by atoms with Gasteiger partial charge in [-0.1, -0.05) is 30.3 Å². The van der Waals surface area contributed by atoms with Crippen molar-refractivity contribution in [3.05, 3.63) is 57.8 Å². The Morgan fingerprint density at radius 2 is 1.91 bits per heavy atom. The van der Waals surface area contributed by atoms with Crippen molar-refractivity contribution in [1.29, 1.82) is 0 Å². The average Bonchev–Trinajstić information content (AvgIpc) is 2.90. The van der Waals surface area contributed by atoms with Crippen molar-refractivity contribution in [2.45, 2.75) is 19.9 Å². The first-order chi connectivity index (χ1) is 11.0. The first kappa shape index (κ1) is 17.2. The minimum absolute atomic E-state index is 0.146. The Labute approximate surface area is 140 Å². The van der Waals surface area contributed by atoms with E-state index >= 15 is 0 Å². The monoisotopic (exact) mass is 331 g/mol. The van der Waals surface area contributed by atoms with Gasteiger partial charge in [0.25, 0.3) is 0 Å². The number of nitrogens with one attached hydrogen (secondary N) is 1. The summed E-state index contributed by atoms with van der Waals surface area (Å²) in [5.74, 6) is -0.376. The van der Waals surface area contributed by atoms with Gasteiger partial charge < -0.3 is 5.73 Å². The van der Waals surface area contributed by atoms with Crippen LogP contribution in [0.5, 0.6) is 0 Å². The molecule has 1 aromatic heterocycles. The lowest BCUT2D eigenvalue weighted by atomic mass is 10.1. The molecule has 0 saturated heterocycles. The lowest BCUT2D eigenvalue weighted by molar-refractivity contribution is -0.121. The van der Waals surface area contributed by atoms with Crippen molar-refractivity contribution in [2.24, 2.45) is 5.73 Å². The van der Waals surface area contributed by atoms with E-state index in [1.54, 1.807) is 11.3 Å². The maximum Gasteiger partial charge on any atom is 0.318 e. The van der Waals surface area contributed by atoms with E-state index in [4.69, 9.17) is 5.73 Å². The van der Waals surface area contributed by atoms with Gasteiger partial charge in [-0.3, -0.25) is 15.0 Å². The quantitative estimate of drug-likeness (QED) is 0.817. The number of rotatable bonds is 7. The van der Waals surface area contributed by atoms with Gasteiger partial charge in [0.2, 0.25) is 5.91 Å². The Bertz CT molecular complexity index is 655. The van der Waals surface area contributed by atoms with Crippen LogP contribution < -0.4 is 11.1 Å². The van der Waals surface area contributed by atoms with Crippen molar-refractivity contribution in [3.63, 3.8) is 0 Å². The second kappa shape index (κ2) is 8.45. The topological polar surface area (TPSA) is 75.4 Å². The molecule has 1 aromatic carbocycles. The molecule has 0 radical (unpaired) electrons. The summed E-state index contributed by atoms with van der Waals surface area (Å²) in [5.41, 5.74) is 6.22. The third kappa shape index (κ3) is 6.22. The predicted molar refractivity (Wildman–Crippen MR) is 92.2 cm³/mol. The summed E-state index contributed by atoms with van der Waals surface area (Å²) >= 11 is 1.71. The third-order valence-corrected chi connectivity index (χ3v) is 4.35. The van der Waals surface area contributed by atoms with Crippen LogP contribution in [0.15, 0.2) is 42.5 Å². The molecular weight excluding hydrogens is 310 g/mol. The van der Waals surface area contributed by atoms with Crippen molar-refractivity contribution in [3.8, 4) is 0 Å². The number of carbonyl (C=O) groups excluding carboxylic acids is 2. The van der Waals surface area contributed by atoms with E-state index in [1.807, 2.05) is 23.1 Å². The van der Waals surface area contributed by atoms with Gasteiger partial charge in [-0.15, -0.1) is 11.3 Å². The van der Waals surface area contributed by atoms with Gasteiger partial charge in [0.15, 0.2) is 0 Å². The number of amides is 3. The minimum atomic E-state index is -0.815. The number of nitrogens with two attached hydrogens (primary N) is 1. The van der Waals surface area contributed by atoms with Gasteiger partial charge >= 0.3 is 6.03 Å². The lowest BCUT2D eigenvalue weighted by Gasteiger charge is -2.20. The number of nitrogens with zero attached hydrogens (tertiary/aromatic N) is 1. The molecule has 0 saturated carbocycles. The maximum atomic E-state index is 11.8. The lowest BCUT2D eigenvalue weighted by Crippen LogP contribution is -2.42. The van der Waals surface area contributed by atoms with Crippen molar-refractivity contribution < 1.29 is 9.59 Å². The molecule has 0 aliphatic heterocycles. The standard InChI is InChI=1S/C17H21N3O2S/c1-13-7-8-15(23-13)11-20(12-16(21)19-17(18)22)10-9-14-5-3-2-4-6-14/h2-8H,9-12H2,1H3,(H3,18,19,21,22). The van der Waals surface area contributed by atoms with Crippen LogP contribution in [0.2, 0.25) is 0 Å². The molecule has 5 nitrogen and oxygen atoms in total. The molecular formula is C17H21N3O2S. The molecule has 0 aliphatic carbocycles. The van der Waals surface area contributed by atoms with Crippen LogP contribution in [-0.4, -0.2) is 29.9 Å². The van der Waals surface area contributed by atoms with Crippen LogP contribution in [0.25, 0.3) is 0 Å². The fourth-order valence-corrected chi connectivity index (χ4v) is 3.25. The van der Waals surface area contributed by atoms with Crippen molar-refractivity contribution in [1.82, 2.24) is 10.2 Å². The summed E-state index contributed by atoms with van der Waals surface area (Å²) in [6.07, 6.45) is 0.842. The normalized spacial score (nSPS) is 10.7. The molecule has 0 bridgehead atoms. The highest BCUT2D eigenvalue weighted by Crippen LogP contribution is 2.17. The van der Waals surface area contributed by atoms with Gasteiger partial charge in [-0.25, -0.2) is 4.79 Å². The van der Waals surface area contributed by atoms with Crippen LogP contribution in [0.3, 0.4) is 0 Å². The van der Waals surface area contributed by atoms with Crippen LogP contribution in [-0.2, 0) is 17.8 Å². The third-order valence-electron chi connectivity index (χ3n) is 3.36. The summed E-state index contributed by atoms with van der Waals surface area (Å²) in [4.78, 5) is 27.1. The predicted octanol–water partition coefficient (Wildman–Crippen LogP) is 2.30. The van der Waals surface area contributed by atoms with Gasteiger partial charge in [0, 0.05) is 22.8 Å². The largest absolute Gasteiger partial charge is 0.351 e. The number of hydrogen-bond acceptors (Lipinski definition) is 4. The van der Waals surface area contributed by atoms with Gasteiger partial charge in [0.05, 0.1) is 6.54 Å². The number of carbonyl (C=O) groups is 2. The van der Waals surface area contributed by atoms with Crippen LogP contribution in [0.4, 0.5) is 4.79 Å². The molecule has 122 valence electrons. The van der Waals surface area contributed by atoms with E-state index < -0.39 is 6.03 Å². The molecule has 1 heterocycles. The maximum absolute atomic E-state index is 11.8. The Balaban J connectivity index is 1.98. The molecule has 0 spiro atoms. The molecule has 6 heteroatoms. The van der Waals surface area contributed by atoms with Gasteiger partial charge in [-0.05, 0) is 31.0 Å². The Hall–Kier alpha value is -2.18. The van der Waals surface area contributed by atoms with Crippen LogP contribution in [0, 0.1) is 6.92 Å². The number of hydrogen-bond donors (Lipinski definition) is 2. The Morgan fingerprint density at radius 1 is 1.17 bits per heavy atom. The number of imide groups is 1. The van der Waals surface area contributed by atoms with E-state index in [9.17, 15) is 9.59 Å². The Kier molecular flexibility index (Phi) is 6.31. The van der Waals surface area contributed by atoms with E-state index in [-0.39, 0.29) is 12.5 Å². The first-order valence-electron chi connectivity index (χ1n) is 7.44. The number of benzene rings is 1. The number of urea groups is 1. The summed E-state index contributed by atoms with van der Waals surface area (Å²) in [5, 5.41) is 2.12. The summed E-state index contributed by atoms with van der Waals surface area (Å²) in [7, 11) is 0. The van der Waals surface area contributed by atoms with Crippen molar-refractivity contribution in [2.75, 3.05) is 13.1 Å². The second-order valence-electron chi connectivity index (χ2n) is 5.37. The zero-order valence-electron chi connectivity index (χ0n) is 13.1. The number of aryl methyl sites for hydroxylation is 1. The van der Waals surface area contributed by atoms with Gasteiger partial charge in [-0.2, -0.15) is 0 Å². The second-order valence-corrected chi connectivity index (χ2v) is 6.74. The molecule has 3 amide bonds. The molecule has 0 unspecified atom stereocenters. The first-order valence-corrected chi connectivity index (χ1v) is 8.25. The van der Waals surface area contributed by atoms with Crippen LogP contribution >= 0.6 is 11.3 Å². The zero-order valence-corrected chi connectivity index (χ0v) is 13.9. The van der Waals surface area contributed by atoms with Crippen LogP contribution in [0.1, 0.15) is 15.3 Å². The van der Waals surface area contributed by atoms with E-state index in [2.05, 4.69) is 36.5 Å². The molecule has 2 aromatic rings. The van der Waals surface area contributed by atoms with Gasteiger partial charge in [0.1, 0.15) is 0 Å². The average molecular weight is 331 g/mol. The fourth-order valence-electron chi connectivity index (χ4n) is 2.32. The fraction of sp³-hybridized carbons (Fsp3) is 0.294. The molecule has 3 N–H and O–H groups in total. The highest BCUT2D eigenvalue weighted by molar-refractivity contribution is 7.11. The summed E-state index contributed by atoms with van der Waals surface area (Å²) < 4.78 is 0. The molecule has 2 rings (SSSR count). The summed E-state index contributed by atoms with van der Waals surface area (Å²) in [6, 6.07) is 13.4. The van der Waals surface area contributed by atoms with E-state index in [1.165, 1.54) is 15.3 Å². The van der Waals surface area contributed by atoms with Crippen molar-refractivity contribution >= 4 is 23.3 Å². The highest BCUT2D eigenvalue weighted by atomic mass is 32.1.